The first-order valence-corrected chi connectivity index (χ1v) is 10.6. The van der Waals surface area contributed by atoms with E-state index in [1.807, 2.05) is 44.2 Å². The van der Waals surface area contributed by atoms with Crippen molar-refractivity contribution in [3.63, 3.8) is 0 Å². The zero-order valence-corrected chi connectivity index (χ0v) is 16.4. The van der Waals surface area contributed by atoms with Gasteiger partial charge in [-0.05, 0) is 17.9 Å². The van der Waals surface area contributed by atoms with E-state index in [-0.39, 0.29) is 25.7 Å². The lowest BCUT2D eigenvalue weighted by atomic mass is 10.0. The number of aliphatic hydroxyl groups is 3. The number of benzene rings is 1. The minimum atomic E-state index is -3.75. The predicted octanol–water partition coefficient (Wildman–Crippen LogP) is -0.0973. The van der Waals surface area contributed by atoms with E-state index in [2.05, 4.69) is 0 Å². The van der Waals surface area contributed by atoms with Gasteiger partial charge in [0.15, 0.2) is 6.29 Å². The van der Waals surface area contributed by atoms with Gasteiger partial charge in [-0.3, -0.25) is 0 Å². The minimum Gasteiger partial charge on any atom is -0.387 e. The molecule has 2 aliphatic heterocycles. The van der Waals surface area contributed by atoms with Gasteiger partial charge < -0.3 is 20.1 Å². The van der Waals surface area contributed by atoms with Crippen LogP contribution in [0.1, 0.15) is 25.8 Å². The first-order valence-electron chi connectivity index (χ1n) is 9.20. The molecular formula is C18H28N2O6S. The molecule has 2 saturated heterocycles. The van der Waals surface area contributed by atoms with Gasteiger partial charge >= 0.3 is 0 Å². The largest absolute Gasteiger partial charge is 0.387 e. The predicted molar refractivity (Wildman–Crippen MR) is 98.6 cm³/mol. The van der Waals surface area contributed by atoms with E-state index < -0.39 is 34.8 Å². The highest BCUT2D eigenvalue weighted by Crippen LogP contribution is 2.31. The Balaban J connectivity index is 1.80. The van der Waals surface area contributed by atoms with Gasteiger partial charge in [0.25, 0.3) is 10.2 Å². The second kappa shape index (κ2) is 8.12. The first-order chi connectivity index (χ1) is 12.7. The van der Waals surface area contributed by atoms with Gasteiger partial charge in [0.05, 0.1) is 0 Å². The van der Waals surface area contributed by atoms with Crippen molar-refractivity contribution in [3.05, 3.63) is 35.9 Å². The van der Waals surface area contributed by atoms with Crippen molar-refractivity contribution in [2.24, 2.45) is 5.92 Å². The van der Waals surface area contributed by atoms with Gasteiger partial charge in [-0.15, -0.1) is 0 Å². The SMILES string of the molecule is CC(C)C[C@H]1CN(C[C@H]2O[C@@H](O)[C@H](O)[C@@H]2O)S(=O)(=O)N1Cc1ccccc1. The Morgan fingerprint density at radius 1 is 1.15 bits per heavy atom. The summed E-state index contributed by atoms with van der Waals surface area (Å²) < 4.78 is 34.2. The molecule has 152 valence electrons. The normalized spacial score (nSPS) is 34.5. The summed E-state index contributed by atoms with van der Waals surface area (Å²) in [5.41, 5.74) is 0.902. The Bertz CT molecular complexity index is 729. The number of hydrogen-bond donors (Lipinski definition) is 3. The van der Waals surface area contributed by atoms with E-state index >= 15 is 0 Å². The lowest BCUT2D eigenvalue weighted by Gasteiger charge is -2.24. The molecule has 1 aromatic carbocycles. The highest BCUT2D eigenvalue weighted by molar-refractivity contribution is 7.87. The molecule has 3 rings (SSSR count). The highest BCUT2D eigenvalue weighted by atomic mass is 32.2. The van der Waals surface area contributed by atoms with Gasteiger partial charge in [-0.2, -0.15) is 17.0 Å². The molecule has 0 amide bonds. The molecule has 9 heteroatoms. The topological polar surface area (TPSA) is 111 Å². The number of nitrogens with zero attached hydrogens (tertiary/aromatic N) is 2. The van der Waals surface area contributed by atoms with Crippen LogP contribution in [0.2, 0.25) is 0 Å². The zero-order valence-electron chi connectivity index (χ0n) is 15.5. The Morgan fingerprint density at radius 2 is 1.81 bits per heavy atom. The third kappa shape index (κ3) is 4.34. The van der Waals surface area contributed by atoms with E-state index in [9.17, 15) is 23.7 Å². The number of ether oxygens (including phenoxy) is 1. The molecule has 0 radical (unpaired) electrons. The van der Waals surface area contributed by atoms with E-state index in [1.165, 1.54) is 8.61 Å². The summed E-state index contributed by atoms with van der Waals surface area (Å²) in [4.78, 5) is 0. The summed E-state index contributed by atoms with van der Waals surface area (Å²) in [7, 11) is -3.75. The number of aliphatic hydroxyl groups excluding tert-OH is 3. The highest BCUT2D eigenvalue weighted by Gasteiger charge is 2.48. The lowest BCUT2D eigenvalue weighted by molar-refractivity contribution is -0.128. The summed E-state index contributed by atoms with van der Waals surface area (Å²) >= 11 is 0. The molecule has 2 aliphatic rings. The Labute approximate surface area is 160 Å². The van der Waals surface area contributed by atoms with E-state index in [4.69, 9.17) is 4.74 Å². The second-order valence-corrected chi connectivity index (χ2v) is 9.57. The molecule has 2 heterocycles. The van der Waals surface area contributed by atoms with E-state index in [0.717, 1.165) is 5.56 Å². The fraction of sp³-hybridized carbons (Fsp3) is 0.667. The molecule has 3 N–H and O–H groups in total. The van der Waals surface area contributed by atoms with Crippen molar-refractivity contribution in [1.29, 1.82) is 0 Å². The molecule has 0 spiro atoms. The van der Waals surface area contributed by atoms with E-state index in [0.29, 0.717) is 12.3 Å². The van der Waals surface area contributed by atoms with Gasteiger partial charge in [-0.25, -0.2) is 0 Å². The van der Waals surface area contributed by atoms with Crippen LogP contribution in [-0.4, -0.2) is 76.1 Å². The van der Waals surface area contributed by atoms with Crippen LogP contribution in [0.25, 0.3) is 0 Å². The molecule has 0 unspecified atom stereocenters. The van der Waals surface area contributed by atoms with Crippen molar-refractivity contribution in [2.45, 2.75) is 57.5 Å². The van der Waals surface area contributed by atoms with Crippen LogP contribution in [-0.2, 0) is 21.5 Å². The molecule has 2 fully saturated rings. The third-order valence-corrected chi connectivity index (χ3v) is 7.06. The molecule has 0 aromatic heterocycles. The van der Waals surface area contributed by atoms with Gasteiger partial charge in [-0.1, -0.05) is 44.2 Å². The summed E-state index contributed by atoms with van der Waals surface area (Å²) in [5.74, 6) is 0.320. The van der Waals surface area contributed by atoms with Crippen molar-refractivity contribution >= 4 is 10.2 Å². The van der Waals surface area contributed by atoms with Crippen molar-refractivity contribution in [3.8, 4) is 0 Å². The maximum absolute atomic E-state index is 13.1. The molecule has 8 nitrogen and oxygen atoms in total. The molecule has 1 aromatic rings. The monoisotopic (exact) mass is 400 g/mol. The number of rotatable bonds is 6. The lowest BCUT2D eigenvalue weighted by Crippen LogP contribution is -2.42. The fourth-order valence-electron chi connectivity index (χ4n) is 3.72. The molecule has 0 bridgehead atoms. The quantitative estimate of drug-likeness (QED) is 0.615. The Morgan fingerprint density at radius 3 is 2.37 bits per heavy atom. The van der Waals surface area contributed by atoms with Crippen LogP contribution in [0.5, 0.6) is 0 Å². The van der Waals surface area contributed by atoms with Crippen LogP contribution in [0.3, 0.4) is 0 Å². The van der Waals surface area contributed by atoms with Crippen LogP contribution in [0.15, 0.2) is 30.3 Å². The average molecular weight is 400 g/mol. The van der Waals surface area contributed by atoms with Crippen LogP contribution >= 0.6 is 0 Å². The van der Waals surface area contributed by atoms with E-state index in [1.54, 1.807) is 0 Å². The van der Waals surface area contributed by atoms with Gasteiger partial charge in [0, 0.05) is 25.7 Å². The van der Waals surface area contributed by atoms with Gasteiger partial charge in [0.2, 0.25) is 0 Å². The third-order valence-electron chi connectivity index (χ3n) is 5.09. The van der Waals surface area contributed by atoms with Crippen molar-refractivity contribution in [1.82, 2.24) is 8.61 Å². The molecule has 0 aliphatic carbocycles. The first kappa shape index (κ1) is 20.7. The smallest absolute Gasteiger partial charge is 0.282 e. The molecular weight excluding hydrogens is 372 g/mol. The van der Waals surface area contributed by atoms with Crippen LogP contribution in [0.4, 0.5) is 0 Å². The van der Waals surface area contributed by atoms with Crippen molar-refractivity contribution in [2.75, 3.05) is 13.1 Å². The van der Waals surface area contributed by atoms with Crippen molar-refractivity contribution < 1.29 is 28.5 Å². The average Bonchev–Trinajstić information content (AvgIpc) is 2.98. The van der Waals surface area contributed by atoms with Gasteiger partial charge in [0.1, 0.15) is 18.3 Å². The maximum atomic E-state index is 13.1. The molecule has 0 saturated carbocycles. The van der Waals surface area contributed by atoms with Crippen LogP contribution in [0, 0.1) is 5.92 Å². The molecule has 5 atom stereocenters. The number of hydrogen-bond acceptors (Lipinski definition) is 6. The fourth-order valence-corrected chi connectivity index (χ4v) is 5.55. The maximum Gasteiger partial charge on any atom is 0.282 e. The summed E-state index contributed by atoms with van der Waals surface area (Å²) in [6, 6.07) is 9.22. The zero-order chi connectivity index (χ0) is 19.8. The second-order valence-electron chi connectivity index (χ2n) is 7.69. The molecule has 27 heavy (non-hydrogen) atoms. The Kier molecular flexibility index (Phi) is 6.21. The standard InChI is InChI=1S/C18H28N2O6S/c1-12(2)8-14-10-19(11-15-16(21)17(22)18(23)26-15)27(24,25)20(14)9-13-6-4-3-5-7-13/h3-7,12,14-18,21-23H,8-11H2,1-2H3/t14-,15+,16+,17+,18+/m0/s1. The van der Waals surface area contributed by atoms with Crippen LogP contribution < -0.4 is 0 Å². The Hall–Kier alpha value is -1.07. The summed E-state index contributed by atoms with van der Waals surface area (Å²) in [6.07, 6.45) is -4.54. The minimum absolute atomic E-state index is 0.114. The summed E-state index contributed by atoms with van der Waals surface area (Å²) in [5, 5.41) is 29.2. The summed E-state index contributed by atoms with van der Waals surface area (Å²) in [6.45, 7) is 4.54.